The lowest BCUT2D eigenvalue weighted by atomic mass is 9.82. The summed E-state index contributed by atoms with van der Waals surface area (Å²) >= 11 is 0. The summed E-state index contributed by atoms with van der Waals surface area (Å²) in [4.78, 5) is 34.5. The van der Waals surface area contributed by atoms with Crippen LogP contribution < -0.4 is 0 Å². The van der Waals surface area contributed by atoms with Crippen molar-refractivity contribution >= 4 is 17.9 Å². The van der Waals surface area contributed by atoms with Gasteiger partial charge in [-0.1, -0.05) is 18.2 Å². The van der Waals surface area contributed by atoms with Crippen LogP contribution in [0.2, 0.25) is 0 Å². The average molecular weight is 364 g/mol. The maximum atomic E-state index is 12.3. The Morgan fingerprint density at radius 2 is 1.69 bits per heavy atom. The van der Waals surface area contributed by atoms with Gasteiger partial charge in [0.1, 0.15) is 18.8 Å². The van der Waals surface area contributed by atoms with E-state index in [0.29, 0.717) is 0 Å². The van der Waals surface area contributed by atoms with Gasteiger partial charge < -0.3 is 24.4 Å². The summed E-state index contributed by atoms with van der Waals surface area (Å²) in [6, 6.07) is 8.06. The van der Waals surface area contributed by atoms with Crippen molar-refractivity contribution in [3.63, 3.8) is 0 Å². The lowest BCUT2D eigenvalue weighted by Gasteiger charge is -2.41. The van der Waals surface area contributed by atoms with Gasteiger partial charge in [-0.25, -0.2) is 4.79 Å². The van der Waals surface area contributed by atoms with Gasteiger partial charge in [-0.15, -0.1) is 0 Å². The lowest BCUT2D eigenvalue weighted by Crippen LogP contribution is -2.62. The molecule has 1 aliphatic carbocycles. The molecule has 0 saturated heterocycles. The van der Waals surface area contributed by atoms with Crippen molar-refractivity contribution in [3.8, 4) is 0 Å². The fourth-order valence-electron chi connectivity index (χ4n) is 2.51. The number of hydrogen-bond donors (Lipinski definition) is 2. The average Bonchev–Trinajstić information content (AvgIpc) is 2.60. The van der Waals surface area contributed by atoms with Crippen LogP contribution in [0.4, 0.5) is 0 Å². The Morgan fingerprint density at radius 3 is 2.27 bits per heavy atom. The second-order valence-corrected chi connectivity index (χ2v) is 5.87. The molecule has 8 nitrogen and oxygen atoms in total. The first-order chi connectivity index (χ1) is 12.2. The Labute approximate surface area is 150 Å². The van der Waals surface area contributed by atoms with Gasteiger partial charge in [-0.05, 0) is 24.3 Å². The fourth-order valence-corrected chi connectivity index (χ4v) is 2.51. The molecule has 1 aliphatic rings. The molecule has 140 valence electrons. The SMILES string of the molecule is CC(=O)OC[C@]1(O)[C@@H](OC(=O)c2ccccc2)C=C[C@H](OC(C)=O)[C@H]1O. The Balaban J connectivity index is 2.26. The molecule has 0 spiro atoms. The third kappa shape index (κ3) is 4.47. The minimum Gasteiger partial charge on any atom is -0.463 e. The highest BCUT2D eigenvalue weighted by molar-refractivity contribution is 5.89. The molecule has 0 saturated carbocycles. The molecule has 8 heteroatoms. The van der Waals surface area contributed by atoms with Gasteiger partial charge in [0.05, 0.1) is 5.56 Å². The molecule has 0 fully saturated rings. The maximum Gasteiger partial charge on any atom is 0.338 e. The van der Waals surface area contributed by atoms with E-state index in [4.69, 9.17) is 14.2 Å². The first-order valence-electron chi connectivity index (χ1n) is 7.89. The number of ether oxygens (including phenoxy) is 3. The Hall–Kier alpha value is -2.71. The molecule has 0 unspecified atom stereocenters. The molecular weight excluding hydrogens is 344 g/mol. The summed E-state index contributed by atoms with van der Waals surface area (Å²) in [6.45, 7) is 1.62. The van der Waals surface area contributed by atoms with Gasteiger partial charge in [0.2, 0.25) is 0 Å². The van der Waals surface area contributed by atoms with Crippen LogP contribution >= 0.6 is 0 Å². The molecule has 0 aromatic heterocycles. The summed E-state index contributed by atoms with van der Waals surface area (Å²) in [7, 11) is 0. The molecule has 0 aliphatic heterocycles. The Bertz CT molecular complexity index is 698. The van der Waals surface area contributed by atoms with Crippen LogP contribution in [0.5, 0.6) is 0 Å². The van der Waals surface area contributed by atoms with Crippen LogP contribution in [0, 0.1) is 0 Å². The molecule has 0 heterocycles. The van der Waals surface area contributed by atoms with Gasteiger partial charge in [0, 0.05) is 13.8 Å². The minimum absolute atomic E-state index is 0.243. The van der Waals surface area contributed by atoms with Crippen LogP contribution in [0.1, 0.15) is 24.2 Å². The summed E-state index contributed by atoms with van der Waals surface area (Å²) in [6.07, 6.45) is -1.59. The van der Waals surface area contributed by atoms with Crippen molar-refractivity contribution in [2.75, 3.05) is 6.61 Å². The fraction of sp³-hybridized carbons (Fsp3) is 0.389. The molecule has 0 amide bonds. The van der Waals surface area contributed by atoms with Gasteiger partial charge >= 0.3 is 17.9 Å². The number of carbonyl (C=O) groups excluding carboxylic acids is 3. The van der Waals surface area contributed by atoms with Crippen molar-refractivity contribution in [1.29, 1.82) is 0 Å². The van der Waals surface area contributed by atoms with E-state index in [1.165, 1.54) is 24.3 Å². The van der Waals surface area contributed by atoms with Gasteiger partial charge in [0.15, 0.2) is 11.7 Å². The monoisotopic (exact) mass is 364 g/mol. The van der Waals surface area contributed by atoms with Crippen molar-refractivity contribution < 1.29 is 38.8 Å². The smallest absolute Gasteiger partial charge is 0.338 e. The zero-order valence-electron chi connectivity index (χ0n) is 14.3. The van der Waals surface area contributed by atoms with E-state index in [0.717, 1.165) is 13.8 Å². The summed E-state index contributed by atoms with van der Waals surface area (Å²) < 4.78 is 15.0. The van der Waals surface area contributed by atoms with Crippen LogP contribution in [0.15, 0.2) is 42.5 Å². The summed E-state index contributed by atoms with van der Waals surface area (Å²) in [5.41, 5.74) is -1.95. The van der Waals surface area contributed by atoms with E-state index in [2.05, 4.69) is 0 Å². The highest BCUT2D eigenvalue weighted by atomic mass is 16.6. The second kappa shape index (κ2) is 8.11. The number of hydrogen-bond acceptors (Lipinski definition) is 8. The maximum absolute atomic E-state index is 12.3. The number of esters is 3. The molecule has 4 atom stereocenters. The van der Waals surface area contributed by atoms with E-state index in [1.807, 2.05) is 0 Å². The van der Waals surface area contributed by atoms with Gasteiger partial charge in [0.25, 0.3) is 0 Å². The molecule has 0 bridgehead atoms. The van der Waals surface area contributed by atoms with Crippen molar-refractivity contribution in [2.45, 2.75) is 37.8 Å². The van der Waals surface area contributed by atoms with Crippen molar-refractivity contribution in [1.82, 2.24) is 0 Å². The van der Waals surface area contributed by atoms with Crippen molar-refractivity contribution in [3.05, 3.63) is 48.0 Å². The van der Waals surface area contributed by atoms with Crippen molar-refractivity contribution in [2.24, 2.45) is 0 Å². The normalized spacial score (nSPS) is 27.5. The molecule has 2 rings (SSSR count). The minimum atomic E-state index is -2.19. The summed E-state index contributed by atoms with van der Waals surface area (Å²) in [5.74, 6) is -2.11. The standard InChI is InChI=1S/C18H20O8/c1-11(19)24-10-18(23)15(9-8-14(16(18)21)25-12(2)20)26-17(22)13-6-4-3-5-7-13/h3-9,14-16,21,23H,10H2,1-2H3/t14-,15-,16+,18-/m0/s1. The Morgan fingerprint density at radius 1 is 1.04 bits per heavy atom. The van der Waals surface area contributed by atoms with E-state index >= 15 is 0 Å². The zero-order valence-corrected chi connectivity index (χ0v) is 14.3. The predicted molar refractivity (Wildman–Crippen MR) is 87.9 cm³/mol. The highest BCUT2D eigenvalue weighted by Crippen LogP contribution is 2.30. The number of aliphatic hydroxyl groups excluding tert-OH is 1. The number of aliphatic hydroxyl groups is 2. The second-order valence-electron chi connectivity index (χ2n) is 5.87. The first-order valence-corrected chi connectivity index (χ1v) is 7.89. The largest absolute Gasteiger partial charge is 0.463 e. The van der Waals surface area contributed by atoms with E-state index in [-0.39, 0.29) is 5.56 Å². The summed E-state index contributed by atoms with van der Waals surface area (Å²) in [5, 5.41) is 21.3. The molecule has 1 aromatic carbocycles. The number of benzene rings is 1. The van der Waals surface area contributed by atoms with Gasteiger partial charge in [-0.2, -0.15) is 0 Å². The lowest BCUT2D eigenvalue weighted by molar-refractivity contribution is -0.202. The highest BCUT2D eigenvalue weighted by Gasteiger charge is 2.52. The third-order valence-corrected chi connectivity index (χ3v) is 3.84. The number of carbonyl (C=O) groups is 3. The van der Waals surface area contributed by atoms with Crippen LogP contribution in [0.25, 0.3) is 0 Å². The molecule has 26 heavy (non-hydrogen) atoms. The van der Waals surface area contributed by atoms with E-state index < -0.39 is 48.4 Å². The first kappa shape index (κ1) is 19.6. The molecule has 1 aromatic rings. The van der Waals surface area contributed by atoms with Gasteiger partial charge in [-0.3, -0.25) is 9.59 Å². The van der Waals surface area contributed by atoms with E-state index in [1.54, 1.807) is 18.2 Å². The molecule has 0 radical (unpaired) electrons. The van der Waals surface area contributed by atoms with Crippen LogP contribution in [0.3, 0.4) is 0 Å². The van der Waals surface area contributed by atoms with Crippen LogP contribution in [-0.2, 0) is 23.8 Å². The topological polar surface area (TPSA) is 119 Å². The van der Waals surface area contributed by atoms with Crippen LogP contribution in [-0.4, -0.2) is 58.6 Å². The molecule has 2 N–H and O–H groups in total. The zero-order chi connectivity index (χ0) is 19.3. The Kier molecular flexibility index (Phi) is 6.12. The quantitative estimate of drug-likeness (QED) is 0.437. The van der Waals surface area contributed by atoms with E-state index in [9.17, 15) is 24.6 Å². The number of rotatable bonds is 5. The molecular formula is C18H20O8. The third-order valence-electron chi connectivity index (χ3n) is 3.84. The predicted octanol–water partition coefficient (Wildman–Crippen LogP) is 0.369.